The highest BCUT2D eigenvalue weighted by molar-refractivity contribution is 5.86. The Morgan fingerprint density at radius 1 is 1.33 bits per heavy atom. The average Bonchev–Trinajstić information content (AvgIpc) is 2.48. The van der Waals surface area contributed by atoms with Crippen molar-refractivity contribution in [1.82, 2.24) is 9.38 Å². The van der Waals surface area contributed by atoms with Crippen LogP contribution < -0.4 is 0 Å². The van der Waals surface area contributed by atoms with E-state index in [1.54, 1.807) is 4.40 Å². The van der Waals surface area contributed by atoms with Crippen LogP contribution in [-0.2, 0) is 0 Å². The molecule has 2 rings (SSSR count). The lowest BCUT2D eigenvalue weighted by molar-refractivity contribution is 0.0691. The van der Waals surface area contributed by atoms with Gasteiger partial charge in [-0.25, -0.2) is 9.78 Å². The number of hydrogen-bond donors (Lipinski definition) is 1. The van der Waals surface area contributed by atoms with Gasteiger partial charge in [0.2, 0.25) is 0 Å². The summed E-state index contributed by atoms with van der Waals surface area (Å²) in [4.78, 5) is 14.6. The van der Waals surface area contributed by atoms with Gasteiger partial charge in [0.15, 0.2) is 5.69 Å². The Labute approximate surface area is 93.0 Å². The first-order chi connectivity index (χ1) is 6.58. The molecule has 0 radical (unpaired) electrons. The first kappa shape index (κ1) is 11.5. The van der Waals surface area contributed by atoms with Crippen LogP contribution in [0.5, 0.6) is 0 Å². The number of nitrogens with zero attached hydrogens (tertiary/aromatic N) is 2. The number of aromatic nitrogens is 2. The van der Waals surface area contributed by atoms with Crippen molar-refractivity contribution in [2.75, 3.05) is 0 Å². The van der Waals surface area contributed by atoms with E-state index in [1.807, 2.05) is 26.1 Å². The summed E-state index contributed by atoms with van der Waals surface area (Å²) < 4.78 is 1.73. The largest absolute Gasteiger partial charge is 0.476 e. The van der Waals surface area contributed by atoms with Gasteiger partial charge in [0.1, 0.15) is 5.65 Å². The number of pyridine rings is 1. The molecule has 0 spiro atoms. The van der Waals surface area contributed by atoms with Crippen molar-refractivity contribution in [2.45, 2.75) is 13.8 Å². The molecule has 0 unspecified atom stereocenters. The summed E-state index contributed by atoms with van der Waals surface area (Å²) in [6.45, 7) is 3.96. The summed E-state index contributed by atoms with van der Waals surface area (Å²) >= 11 is 0. The molecule has 0 fully saturated rings. The highest BCUT2D eigenvalue weighted by Crippen LogP contribution is 2.11. The van der Waals surface area contributed by atoms with Crippen LogP contribution in [0.4, 0.5) is 0 Å². The third-order valence-corrected chi connectivity index (χ3v) is 2.28. The molecule has 0 aliphatic heterocycles. The predicted octanol–water partition coefficient (Wildman–Crippen LogP) is 2.07. The van der Waals surface area contributed by atoms with E-state index < -0.39 is 5.97 Å². The van der Waals surface area contributed by atoms with E-state index in [0.29, 0.717) is 5.65 Å². The molecule has 0 saturated carbocycles. The molecule has 4 nitrogen and oxygen atoms in total. The van der Waals surface area contributed by atoms with E-state index >= 15 is 0 Å². The van der Waals surface area contributed by atoms with E-state index in [4.69, 9.17) is 5.11 Å². The van der Waals surface area contributed by atoms with Gasteiger partial charge in [0.05, 0.1) is 0 Å². The van der Waals surface area contributed by atoms with Gasteiger partial charge >= 0.3 is 5.97 Å². The van der Waals surface area contributed by atoms with Gasteiger partial charge in [-0.15, -0.1) is 12.4 Å². The highest BCUT2D eigenvalue weighted by atomic mass is 35.5. The summed E-state index contributed by atoms with van der Waals surface area (Å²) in [6, 6.07) is 1.88. The van der Waals surface area contributed by atoms with Gasteiger partial charge < -0.3 is 9.51 Å². The molecule has 0 atom stereocenters. The van der Waals surface area contributed by atoms with Crippen molar-refractivity contribution in [1.29, 1.82) is 0 Å². The Balaban J connectivity index is 0.00000112. The second-order valence-corrected chi connectivity index (χ2v) is 3.34. The SMILES string of the molecule is Cc1cc2nc(C(=O)O)cn2cc1C.Cl. The van der Waals surface area contributed by atoms with Crippen LogP contribution in [-0.4, -0.2) is 20.5 Å². The molecule has 2 aromatic heterocycles. The number of halogens is 1. The van der Waals surface area contributed by atoms with Gasteiger partial charge in [-0.2, -0.15) is 0 Å². The van der Waals surface area contributed by atoms with Gasteiger partial charge in [0.25, 0.3) is 0 Å². The third kappa shape index (κ3) is 1.94. The summed E-state index contributed by atoms with van der Waals surface area (Å²) in [5.41, 5.74) is 2.98. The van der Waals surface area contributed by atoms with Crippen molar-refractivity contribution in [3.63, 3.8) is 0 Å². The van der Waals surface area contributed by atoms with Crippen molar-refractivity contribution < 1.29 is 9.90 Å². The first-order valence-electron chi connectivity index (χ1n) is 4.27. The Morgan fingerprint density at radius 3 is 2.60 bits per heavy atom. The zero-order valence-corrected chi connectivity index (χ0v) is 9.21. The Bertz CT molecular complexity index is 480. The molecule has 0 bridgehead atoms. The predicted molar refractivity (Wildman–Crippen MR) is 58.9 cm³/mol. The fourth-order valence-corrected chi connectivity index (χ4v) is 1.34. The molecular formula is C10H11ClN2O2. The van der Waals surface area contributed by atoms with E-state index in [1.165, 1.54) is 6.20 Å². The highest BCUT2D eigenvalue weighted by Gasteiger charge is 2.08. The number of imidazole rings is 1. The molecule has 15 heavy (non-hydrogen) atoms. The molecule has 0 aliphatic rings. The Kier molecular flexibility index (Phi) is 3.00. The van der Waals surface area contributed by atoms with Crippen LogP contribution in [0.15, 0.2) is 18.5 Å². The summed E-state index contributed by atoms with van der Waals surface area (Å²) in [5, 5.41) is 8.75. The number of fused-ring (bicyclic) bond motifs is 1. The van der Waals surface area contributed by atoms with Crippen molar-refractivity contribution >= 4 is 24.0 Å². The standard InChI is InChI=1S/C10H10N2O2.ClH/c1-6-3-9-11-8(10(13)14)5-12(9)4-7(6)2;/h3-5H,1-2H3,(H,13,14);1H. The number of carboxylic acid groups (broad SMARTS) is 1. The summed E-state index contributed by atoms with van der Waals surface area (Å²) in [5.74, 6) is -0.996. The average molecular weight is 227 g/mol. The van der Waals surface area contributed by atoms with Crippen LogP contribution in [0.3, 0.4) is 0 Å². The molecule has 2 aromatic rings. The van der Waals surface area contributed by atoms with Crippen molar-refractivity contribution in [3.05, 3.63) is 35.3 Å². The Morgan fingerprint density at radius 2 is 2.00 bits per heavy atom. The number of aryl methyl sites for hydroxylation is 2. The zero-order chi connectivity index (χ0) is 10.3. The molecule has 80 valence electrons. The van der Waals surface area contributed by atoms with Gasteiger partial charge in [0, 0.05) is 12.4 Å². The monoisotopic (exact) mass is 226 g/mol. The minimum atomic E-state index is -0.996. The second-order valence-electron chi connectivity index (χ2n) is 3.34. The van der Waals surface area contributed by atoms with Gasteiger partial charge in [-0.1, -0.05) is 0 Å². The first-order valence-corrected chi connectivity index (χ1v) is 4.27. The third-order valence-electron chi connectivity index (χ3n) is 2.28. The lowest BCUT2D eigenvalue weighted by Gasteiger charge is -1.99. The minimum Gasteiger partial charge on any atom is -0.476 e. The van der Waals surface area contributed by atoms with E-state index in [9.17, 15) is 4.79 Å². The number of carbonyl (C=O) groups is 1. The fourth-order valence-electron chi connectivity index (χ4n) is 1.34. The number of aromatic carboxylic acids is 1. The van der Waals surface area contributed by atoms with Crippen molar-refractivity contribution in [2.24, 2.45) is 0 Å². The number of rotatable bonds is 1. The lowest BCUT2D eigenvalue weighted by Crippen LogP contribution is -1.94. The second kappa shape index (κ2) is 3.90. The molecule has 0 saturated heterocycles. The van der Waals surface area contributed by atoms with Crippen LogP contribution in [0.2, 0.25) is 0 Å². The molecule has 1 N–H and O–H groups in total. The Hall–Kier alpha value is -1.55. The quantitative estimate of drug-likeness (QED) is 0.810. The molecular weight excluding hydrogens is 216 g/mol. The molecule has 0 aliphatic carbocycles. The number of carboxylic acids is 1. The topological polar surface area (TPSA) is 54.6 Å². The normalized spacial score (nSPS) is 10.0. The maximum absolute atomic E-state index is 10.7. The van der Waals surface area contributed by atoms with Gasteiger partial charge in [-0.05, 0) is 31.0 Å². The minimum absolute atomic E-state index is 0. The lowest BCUT2D eigenvalue weighted by atomic mass is 10.2. The smallest absolute Gasteiger partial charge is 0.356 e. The van der Waals surface area contributed by atoms with Crippen LogP contribution in [0, 0.1) is 13.8 Å². The van der Waals surface area contributed by atoms with Crippen LogP contribution in [0.1, 0.15) is 21.6 Å². The molecule has 0 aromatic carbocycles. The molecule has 0 amide bonds. The van der Waals surface area contributed by atoms with E-state index in [0.717, 1.165) is 11.1 Å². The van der Waals surface area contributed by atoms with Crippen LogP contribution in [0.25, 0.3) is 5.65 Å². The van der Waals surface area contributed by atoms with Crippen LogP contribution >= 0.6 is 12.4 Å². The summed E-state index contributed by atoms with van der Waals surface area (Å²) in [6.07, 6.45) is 3.40. The summed E-state index contributed by atoms with van der Waals surface area (Å²) in [7, 11) is 0. The van der Waals surface area contributed by atoms with E-state index in [-0.39, 0.29) is 18.1 Å². The van der Waals surface area contributed by atoms with E-state index in [2.05, 4.69) is 4.98 Å². The fraction of sp³-hybridized carbons (Fsp3) is 0.200. The van der Waals surface area contributed by atoms with Gasteiger partial charge in [-0.3, -0.25) is 0 Å². The van der Waals surface area contributed by atoms with Crippen molar-refractivity contribution in [3.8, 4) is 0 Å². The molecule has 5 heteroatoms. The maximum Gasteiger partial charge on any atom is 0.356 e. The molecule has 2 heterocycles. The number of hydrogen-bond acceptors (Lipinski definition) is 2. The zero-order valence-electron chi connectivity index (χ0n) is 8.39. The maximum atomic E-state index is 10.7.